The highest BCUT2D eigenvalue weighted by Crippen LogP contribution is 2.19. The minimum Gasteiger partial charge on any atom is -0.444 e. The predicted octanol–water partition coefficient (Wildman–Crippen LogP) is 3.50. The summed E-state index contributed by atoms with van der Waals surface area (Å²) in [5, 5.41) is 0. The Balaban J connectivity index is 2.36. The van der Waals surface area contributed by atoms with Crippen molar-refractivity contribution in [1.29, 1.82) is 0 Å². The highest BCUT2D eigenvalue weighted by Gasteiger charge is 2.33. The third-order valence-corrected chi connectivity index (χ3v) is 4.27. The summed E-state index contributed by atoms with van der Waals surface area (Å²) in [5.41, 5.74) is -0.130. The maximum Gasteiger partial charge on any atom is 0.410 e. The lowest BCUT2D eigenvalue weighted by Gasteiger charge is -2.32. The van der Waals surface area contributed by atoms with E-state index in [9.17, 15) is 18.4 Å². The highest BCUT2D eigenvalue weighted by atomic mass is 19.1. The van der Waals surface area contributed by atoms with Crippen molar-refractivity contribution in [1.82, 2.24) is 14.9 Å². The first-order valence-corrected chi connectivity index (χ1v) is 9.34. The summed E-state index contributed by atoms with van der Waals surface area (Å²) in [6.07, 6.45) is 2.12. The average molecular weight is 420 g/mol. The second-order valence-electron chi connectivity index (χ2n) is 7.97. The summed E-state index contributed by atoms with van der Waals surface area (Å²) < 4.78 is 32.7. The van der Waals surface area contributed by atoms with Gasteiger partial charge in [0, 0.05) is 26.6 Å². The smallest absolute Gasteiger partial charge is 0.410 e. The van der Waals surface area contributed by atoms with E-state index in [1.165, 1.54) is 31.4 Å². The Morgan fingerprint density at radius 1 is 1.07 bits per heavy atom. The number of benzene rings is 1. The lowest BCUT2D eigenvalue weighted by molar-refractivity contribution is -0.123. The van der Waals surface area contributed by atoms with Gasteiger partial charge in [0.15, 0.2) is 0 Å². The van der Waals surface area contributed by atoms with Crippen LogP contribution in [0.25, 0.3) is 0 Å². The molecule has 0 saturated heterocycles. The molecule has 1 heterocycles. The van der Waals surface area contributed by atoms with Crippen molar-refractivity contribution in [3.8, 4) is 0 Å². The lowest BCUT2D eigenvalue weighted by atomic mass is 10.0. The molecule has 1 aromatic heterocycles. The van der Waals surface area contributed by atoms with Crippen molar-refractivity contribution in [2.45, 2.75) is 45.8 Å². The monoisotopic (exact) mass is 420 g/mol. The van der Waals surface area contributed by atoms with E-state index < -0.39 is 35.3 Å². The second-order valence-corrected chi connectivity index (χ2v) is 7.97. The van der Waals surface area contributed by atoms with Crippen LogP contribution in [0.5, 0.6) is 0 Å². The van der Waals surface area contributed by atoms with Crippen molar-refractivity contribution in [2.75, 3.05) is 19.0 Å². The van der Waals surface area contributed by atoms with Gasteiger partial charge in [0.05, 0.1) is 18.1 Å². The zero-order valence-electron chi connectivity index (χ0n) is 17.9. The van der Waals surface area contributed by atoms with E-state index in [0.29, 0.717) is 11.5 Å². The van der Waals surface area contributed by atoms with E-state index in [-0.39, 0.29) is 12.0 Å². The Hall–Kier alpha value is -3.10. The molecule has 0 saturated carbocycles. The number of hydrogen-bond acceptors (Lipinski definition) is 5. The molecule has 0 radical (unpaired) electrons. The van der Waals surface area contributed by atoms with Gasteiger partial charge in [-0.2, -0.15) is 0 Å². The minimum absolute atomic E-state index is 0.111. The zero-order chi connectivity index (χ0) is 22.6. The molecule has 2 amide bonds. The Labute approximate surface area is 174 Å². The zero-order valence-corrected chi connectivity index (χ0v) is 17.9. The Morgan fingerprint density at radius 3 is 2.10 bits per heavy atom. The molecule has 2 aromatic rings. The number of anilines is 1. The standard InChI is InChI=1S/C21H26F2N4O3/c1-13-24-11-17(12-25-13)26(5)19(28)18(27(6)20(29)30-21(2,3)4)9-14-7-15(22)10-16(23)8-14/h7-8,10-12,18H,9H2,1-6H3. The first-order valence-electron chi connectivity index (χ1n) is 9.34. The van der Waals surface area contributed by atoms with E-state index in [1.54, 1.807) is 27.7 Å². The van der Waals surface area contributed by atoms with Crippen LogP contribution < -0.4 is 4.90 Å². The van der Waals surface area contributed by atoms with E-state index in [1.807, 2.05) is 0 Å². The van der Waals surface area contributed by atoms with Gasteiger partial charge in [-0.05, 0) is 45.4 Å². The highest BCUT2D eigenvalue weighted by molar-refractivity contribution is 5.98. The van der Waals surface area contributed by atoms with Crippen molar-refractivity contribution in [3.63, 3.8) is 0 Å². The third kappa shape index (κ3) is 6.20. The van der Waals surface area contributed by atoms with Gasteiger partial charge in [0.2, 0.25) is 5.91 Å². The van der Waals surface area contributed by atoms with Crippen LogP contribution in [0.4, 0.5) is 19.3 Å². The van der Waals surface area contributed by atoms with Crippen LogP contribution in [0.1, 0.15) is 32.2 Å². The van der Waals surface area contributed by atoms with Gasteiger partial charge >= 0.3 is 6.09 Å². The van der Waals surface area contributed by atoms with Crippen molar-refractivity contribution >= 4 is 17.7 Å². The molecule has 30 heavy (non-hydrogen) atoms. The number of halogens is 2. The Kier molecular flexibility index (Phi) is 7.07. The number of nitrogens with zero attached hydrogens (tertiary/aromatic N) is 4. The summed E-state index contributed by atoms with van der Waals surface area (Å²) in [6.45, 7) is 6.82. The largest absolute Gasteiger partial charge is 0.444 e. The lowest BCUT2D eigenvalue weighted by Crippen LogP contribution is -2.50. The van der Waals surface area contributed by atoms with Crippen molar-refractivity contribution in [3.05, 3.63) is 53.6 Å². The van der Waals surface area contributed by atoms with Crippen LogP contribution in [-0.4, -0.2) is 52.6 Å². The predicted molar refractivity (Wildman–Crippen MR) is 108 cm³/mol. The van der Waals surface area contributed by atoms with E-state index >= 15 is 0 Å². The van der Waals surface area contributed by atoms with E-state index in [4.69, 9.17) is 4.74 Å². The molecule has 1 aromatic carbocycles. The number of aryl methyl sites for hydroxylation is 1. The molecule has 0 spiro atoms. The molecule has 7 nitrogen and oxygen atoms in total. The first kappa shape index (κ1) is 23.2. The van der Waals surface area contributed by atoms with Gasteiger partial charge in [-0.3, -0.25) is 9.69 Å². The number of aromatic nitrogens is 2. The molecule has 0 bridgehead atoms. The fourth-order valence-corrected chi connectivity index (χ4v) is 2.71. The van der Waals surface area contributed by atoms with Gasteiger partial charge in [-0.25, -0.2) is 23.5 Å². The Morgan fingerprint density at radius 2 is 1.60 bits per heavy atom. The molecule has 0 fully saturated rings. The van der Waals surface area contributed by atoms with Crippen molar-refractivity contribution in [2.24, 2.45) is 0 Å². The van der Waals surface area contributed by atoms with Crippen LogP contribution in [0.3, 0.4) is 0 Å². The fraction of sp³-hybridized carbons (Fsp3) is 0.429. The SMILES string of the molecule is Cc1ncc(N(C)C(=O)C(Cc2cc(F)cc(F)c2)N(C)C(=O)OC(C)(C)C)cn1. The molecule has 0 aliphatic heterocycles. The van der Waals surface area contributed by atoms with Crippen LogP contribution in [0.15, 0.2) is 30.6 Å². The summed E-state index contributed by atoms with van der Waals surface area (Å²) in [5.74, 6) is -1.48. The summed E-state index contributed by atoms with van der Waals surface area (Å²) >= 11 is 0. The molecule has 1 atom stereocenters. The average Bonchev–Trinajstić information content (AvgIpc) is 2.63. The van der Waals surface area contributed by atoms with Gasteiger partial charge in [0.1, 0.15) is 29.1 Å². The second kappa shape index (κ2) is 9.15. The molecule has 162 valence electrons. The Bertz CT molecular complexity index is 893. The number of amides is 2. The number of carbonyl (C=O) groups is 2. The number of rotatable bonds is 5. The summed E-state index contributed by atoms with van der Waals surface area (Å²) in [7, 11) is 2.92. The molecule has 0 N–H and O–H groups in total. The molecule has 1 unspecified atom stereocenters. The molecule has 2 rings (SSSR count). The van der Waals surface area contributed by atoms with Crippen LogP contribution >= 0.6 is 0 Å². The summed E-state index contributed by atoms with van der Waals surface area (Å²) in [4.78, 5) is 36.4. The van der Waals surface area contributed by atoms with Crippen LogP contribution in [-0.2, 0) is 16.0 Å². The van der Waals surface area contributed by atoms with Crippen molar-refractivity contribution < 1.29 is 23.1 Å². The maximum absolute atomic E-state index is 13.7. The van der Waals surface area contributed by atoms with Gasteiger partial charge in [0.25, 0.3) is 0 Å². The van der Waals surface area contributed by atoms with Gasteiger partial charge in [-0.1, -0.05) is 0 Å². The minimum atomic E-state index is -1.08. The van der Waals surface area contributed by atoms with Crippen LogP contribution in [0, 0.1) is 18.6 Å². The molecular weight excluding hydrogens is 394 g/mol. The molecular formula is C21H26F2N4O3. The number of likely N-dealkylation sites (N-methyl/N-ethyl adjacent to an activating group) is 2. The van der Waals surface area contributed by atoms with E-state index in [0.717, 1.165) is 23.1 Å². The fourth-order valence-electron chi connectivity index (χ4n) is 2.71. The summed E-state index contributed by atoms with van der Waals surface area (Å²) in [6, 6.07) is 1.92. The topological polar surface area (TPSA) is 75.6 Å². The molecule has 9 heteroatoms. The first-order chi connectivity index (χ1) is 13.9. The number of ether oxygens (including phenoxy) is 1. The number of carbonyl (C=O) groups excluding carboxylic acids is 2. The van der Waals surface area contributed by atoms with Gasteiger partial charge < -0.3 is 9.64 Å². The quantitative estimate of drug-likeness (QED) is 0.740. The molecule has 0 aliphatic rings. The third-order valence-electron chi connectivity index (χ3n) is 4.27. The van der Waals surface area contributed by atoms with Gasteiger partial charge in [-0.15, -0.1) is 0 Å². The van der Waals surface area contributed by atoms with E-state index in [2.05, 4.69) is 9.97 Å². The number of hydrogen-bond donors (Lipinski definition) is 0. The molecule has 0 aliphatic carbocycles. The van der Waals surface area contributed by atoms with Crippen LogP contribution in [0.2, 0.25) is 0 Å². The normalized spacial score (nSPS) is 12.3. The maximum atomic E-state index is 13.7.